The SMILES string of the molecule is Cc1cccnc1NC(=O)c1cc(-c2ccncc2)nc2ccccc12. The third-order valence-electron chi connectivity index (χ3n) is 4.18. The van der Waals surface area contributed by atoms with Crippen molar-refractivity contribution in [3.05, 3.63) is 84.3 Å². The Kier molecular flexibility index (Phi) is 4.11. The van der Waals surface area contributed by atoms with Crippen molar-refractivity contribution in [2.45, 2.75) is 6.92 Å². The molecule has 0 fully saturated rings. The van der Waals surface area contributed by atoms with Gasteiger partial charge in [-0.05, 0) is 42.8 Å². The summed E-state index contributed by atoms with van der Waals surface area (Å²) >= 11 is 0. The number of fused-ring (bicyclic) bond motifs is 1. The van der Waals surface area contributed by atoms with Crippen LogP contribution in [0.1, 0.15) is 15.9 Å². The van der Waals surface area contributed by atoms with Crippen LogP contribution in [0.5, 0.6) is 0 Å². The Bertz CT molecular complexity index is 1090. The van der Waals surface area contributed by atoms with Crippen LogP contribution in [-0.2, 0) is 0 Å². The lowest BCUT2D eigenvalue weighted by molar-refractivity contribution is 0.102. The average molecular weight is 340 g/mol. The number of aryl methyl sites for hydroxylation is 1. The molecule has 0 radical (unpaired) electrons. The molecule has 0 aliphatic rings. The van der Waals surface area contributed by atoms with Gasteiger partial charge in [0.1, 0.15) is 5.82 Å². The zero-order valence-electron chi connectivity index (χ0n) is 14.2. The topological polar surface area (TPSA) is 67.8 Å². The highest BCUT2D eigenvalue weighted by Crippen LogP contribution is 2.25. The van der Waals surface area contributed by atoms with Gasteiger partial charge in [-0.25, -0.2) is 9.97 Å². The highest BCUT2D eigenvalue weighted by molar-refractivity contribution is 6.13. The van der Waals surface area contributed by atoms with Crippen LogP contribution >= 0.6 is 0 Å². The van der Waals surface area contributed by atoms with E-state index in [-0.39, 0.29) is 5.91 Å². The molecule has 5 heteroatoms. The van der Waals surface area contributed by atoms with Gasteiger partial charge in [-0.15, -0.1) is 0 Å². The number of hydrogen-bond acceptors (Lipinski definition) is 4. The van der Waals surface area contributed by atoms with Crippen LogP contribution in [0.3, 0.4) is 0 Å². The predicted octanol–water partition coefficient (Wildman–Crippen LogP) is 4.25. The van der Waals surface area contributed by atoms with Crippen LogP contribution in [0.25, 0.3) is 22.2 Å². The number of carbonyl (C=O) groups excluding carboxylic acids is 1. The molecule has 4 rings (SSSR count). The summed E-state index contributed by atoms with van der Waals surface area (Å²) in [5, 5.41) is 3.71. The highest BCUT2D eigenvalue weighted by atomic mass is 16.1. The number of anilines is 1. The van der Waals surface area contributed by atoms with Crippen LogP contribution < -0.4 is 5.32 Å². The minimum absolute atomic E-state index is 0.208. The maximum absolute atomic E-state index is 13.0. The van der Waals surface area contributed by atoms with Gasteiger partial charge >= 0.3 is 0 Å². The molecule has 3 heterocycles. The van der Waals surface area contributed by atoms with Crippen molar-refractivity contribution < 1.29 is 4.79 Å². The summed E-state index contributed by atoms with van der Waals surface area (Å²) in [4.78, 5) is 26.0. The van der Waals surface area contributed by atoms with Crippen molar-refractivity contribution in [3.8, 4) is 11.3 Å². The minimum atomic E-state index is -0.208. The molecular weight excluding hydrogens is 324 g/mol. The van der Waals surface area contributed by atoms with E-state index in [2.05, 4.69) is 20.3 Å². The molecule has 126 valence electrons. The van der Waals surface area contributed by atoms with Gasteiger partial charge in [0.25, 0.3) is 5.91 Å². The van der Waals surface area contributed by atoms with Gasteiger partial charge < -0.3 is 5.32 Å². The Hall–Kier alpha value is -3.60. The highest BCUT2D eigenvalue weighted by Gasteiger charge is 2.15. The summed E-state index contributed by atoms with van der Waals surface area (Å²) in [6.07, 6.45) is 5.09. The van der Waals surface area contributed by atoms with E-state index in [0.717, 1.165) is 27.7 Å². The number of nitrogens with zero attached hydrogens (tertiary/aromatic N) is 3. The van der Waals surface area contributed by atoms with E-state index < -0.39 is 0 Å². The van der Waals surface area contributed by atoms with Gasteiger partial charge in [-0.2, -0.15) is 0 Å². The summed E-state index contributed by atoms with van der Waals surface area (Å²) in [6, 6.07) is 16.9. The van der Waals surface area contributed by atoms with Crippen LogP contribution in [-0.4, -0.2) is 20.9 Å². The van der Waals surface area contributed by atoms with Gasteiger partial charge in [0, 0.05) is 29.5 Å². The third kappa shape index (κ3) is 3.02. The molecule has 0 saturated carbocycles. The van der Waals surface area contributed by atoms with Crippen molar-refractivity contribution in [1.29, 1.82) is 0 Å². The molecule has 1 aromatic carbocycles. The lowest BCUT2D eigenvalue weighted by atomic mass is 10.0. The molecule has 1 amide bonds. The standard InChI is InChI=1S/C21H16N4O/c1-14-5-4-10-23-20(14)25-21(26)17-13-19(15-8-11-22-12-9-15)24-18-7-3-2-6-16(17)18/h2-13H,1H3,(H,23,25,26). The van der Waals surface area contributed by atoms with Gasteiger partial charge in [0.2, 0.25) is 0 Å². The molecule has 3 aromatic heterocycles. The van der Waals surface area contributed by atoms with Crippen LogP contribution in [0, 0.1) is 6.92 Å². The number of hydrogen-bond donors (Lipinski definition) is 1. The molecule has 0 unspecified atom stereocenters. The molecule has 0 spiro atoms. The fraction of sp³-hybridized carbons (Fsp3) is 0.0476. The minimum Gasteiger partial charge on any atom is -0.306 e. The first-order chi connectivity index (χ1) is 12.7. The second-order valence-corrected chi connectivity index (χ2v) is 5.93. The van der Waals surface area contributed by atoms with Crippen molar-refractivity contribution in [2.75, 3.05) is 5.32 Å². The lowest BCUT2D eigenvalue weighted by Gasteiger charge is -2.11. The van der Waals surface area contributed by atoms with E-state index in [4.69, 9.17) is 0 Å². The summed E-state index contributed by atoms with van der Waals surface area (Å²) < 4.78 is 0. The fourth-order valence-corrected chi connectivity index (χ4v) is 2.83. The Labute approximate surface area is 150 Å². The van der Waals surface area contributed by atoms with Gasteiger partial charge in [-0.1, -0.05) is 24.3 Å². The van der Waals surface area contributed by atoms with Gasteiger partial charge in [0.05, 0.1) is 16.8 Å². The number of para-hydroxylation sites is 1. The fourth-order valence-electron chi connectivity index (χ4n) is 2.83. The average Bonchev–Trinajstić information content (AvgIpc) is 2.69. The maximum Gasteiger partial charge on any atom is 0.257 e. The van der Waals surface area contributed by atoms with E-state index in [1.54, 1.807) is 18.6 Å². The summed E-state index contributed by atoms with van der Waals surface area (Å²) in [5.41, 5.74) is 3.88. The number of pyridine rings is 3. The molecule has 0 saturated heterocycles. The van der Waals surface area contributed by atoms with Crippen molar-refractivity contribution in [1.82, 2.24) is 15.0 Å². The molecule has 1 N–H and O–H groups in total. The number of amides is 1. The second kappa shape index (κ2) is 6.72. The van der Waals surface area contributed by atoms with E-state index in [1.807, 2.05) is 61.5 Å². The molecule has 0 atom stereocenters. The number of benzene rings is 1. The van der Waals surface area contributed by atoms with E-state index in [1.165, 1.54) is 0 Å². The van der Waals surface area contributed by atoms with Crippen LogP contribution in [0.2, 0.25) is 0 Å². The first-order valence-electron chi connectivity index (χ1n) is 8.25. The maximum atomic E-state index is 13.0. The lowest BCUT2D eigenvalue weighted by Crippen LogP contribution is -2.15. The quantitative estimate of drug-likeness (QED) is 0.605. The Morgan fingerprint density at radius 3 is 2.58 bits per heavy atom. The third-order valence-corrected chi connectivity index (χ3v) is 4.18. The Morgan fingerprint density at radius 2 is 1.77 bits per heavy atom. The smallest absolute Gasteiger partial charge is 0.257 e. The Balaban J connectivity index is 1.83. The number of aromatic nitrogens is 3. The molecule has 0 aliphatic carbocycles. The second-order valence-electron chi connectivity index (χ2n) is 5.93. The predicted molar refractivity (Wildman–Crippen MR) is 102 cm³/mol. The van der Waals surface area contributed by atoms with Gasteiger partial charge in [-0.3, -0.25) is 9.78 Å². The van der Waals surface area contributed by atoms with Crippen LogP contribution in [0.15, 0.2) is 73.2 Å². The molecule has 26 heavy (non-hydrogen) atoms. The van der Waals surface area contributed by atoms with Crippen molar-refractivity contribution in [3.63, 3.8) is 0 Å². The number of rotatable bonds is 3. The first kappa shape index (κ1) is 15.9. The summed E-state index contributed by atoms with van der Waals surface area (Å²) in [6.45, 7) is 1.91. The van der Waals surface area contributed by atoms with E-state index >= 15 is 0 Å². The molecule has 0 bridgehead atoms. The van der Waals surface area contributed by atoms with Crippen LogP contribution in [0.4, 0.5) is 5.82 Å². The molecular formula is C21H16N4O. The summed E-state index contributed by atoms with van der Waals surface area (Å²) in [5.74, 6) is 0.351. The zero-order valence-corrected chi connectivity index (χ0v) is 14.2. The Morgan fingerprint density at radius 1 is 0.962 bits per heavy atom. The molecule has 0 aliphatic heterocycles. The normalized spacial score (nSPS) is 10.7. The van der Waals surface area contributed by atoms with Gasteiger partial charge in [0.15, 0.2) is 0 Å². The van der Waals surface area contributed by atoms with Crippen molar-refractivity contribution in [2.24, 2.45) is 0 Å². The van der Waals surface area contributed by atoms with E-state index in [9.17, 15) is 4.79 Å². The van der Waals surface area contributed by atoms with Crippen molar-refractivity contribution >= 4 is 22.6 Å². The number of carbonyl (C=O) groups is 1. The molecule has 5 nitrogen and oxygen atoms in total. The monoisotopic (exact) mass is 340 g/mol. The van der Waals surface area contributed by atoms with E-state index in [0.29, 0.717) is 11.4 Å². The number of nitrogens with one attached hydrogen (secondary N) is 1. The summed E-state index contributed by atoms with van der Waals surface area (Å²) in [7, 11) is 0. The zero-order chi connectivity index (χ0) is 17.9. The largest absolute Gasteiger partial charge is 0.306 e. The first-order valence-corrected chi connectivity index (χ1v) is 8.25. The molecule has 4 aromatic rings.